The first-order valence-corrected chi connectivity index (χ1v) is 9.72. The standard InChI is InChI=1S/C15H28N6O6.C2HF3O2/c1-8(2)12(21-11(23)7-19-10(22)6-16)13(24)20-9(14(25)26)4-3-5-18-15(17)27;3-2(4,5)1(6)7/h8-9,12H,3-7,16H2,1-2H3,(H,19,22)(H,20,24)(H,21,23)(H,25,26)(H3,17,18,27);(H,6,7)/t9-,12-;/m0./s1. The lowest BCUT2D eigenvalue weighted by atomic mass is 10.0. The number of quaternary nitrogens is 1. The van der Waals surface area contributed by atoms with Crippen molar-refractivity contribution < 1.29 is 57.9 Å². The molecule has 0 saturated heterocycles. The number of carbonyl (C=O) groups excluding carboxylic acids is 5. The molecule has 0 aromatic carbocycles. The Labute approximate surface area is 192 Å². The molecule has 34 heavy (non-hydrogen) atoms. The SMILES string of the molecule is CC(C)[C@H](NC(=O)CNC(=O)C[NH3+])C(=O)N[C@@H](CCCNC(N)=O)C(=O)O.O=C([O-])C(F)(F)F. The summed E-state index contributed by atoms with van der Waals surface area (Å²) >= 11 is 0. The Morgan fingerprint density at radius 3 is 1.94 bits per heavy atom. The minimum atomic E-state index is -5.19. The average molecular weight is 502 g/mol. The molecular weight excluding hydrogens is 473 g/mol. The van der Waals surface area contributed by atoms with Gasteiger partial charge in [0.25, 0.3) is 5.91 Å². The van der Waals surface area contributed by atoms with Crippen LogP contribution in [0.4, 0.5) is 18.0 Å². The summed E-state index contributed by atoms with van der Waals surface area (Å²) in [5, 5.41) is 27.5. The smallest absolute Gasteiger partial charge is 0.430 e. The number of hydrogen-bond donors (Lipinski definition) is 7. The fourth-order valence-corrected chi connectivity index (χ4v) is 2.06. The van der Waals surface area contributed by atoms with Crippen molar-refractivity contribution >= 4 is 35.7 Å². The van der Waals surface area contributed by atoms with Gasteiger partial charge < -0.3 is 47.7 Å². The van der Waals surface area contributed by atoms with Gasteiger partial charge in [0.15, 0.2) is 6.54 Å². The highest BCUT2D eigenvalue weighted by molar-refractivity contribution is 5.92. The predicted octanol–water partition coefficient (Wildman–Crippen LogP) is -4.20. The molecule has 0 aromatic rings. The quantitative estimate of drug-likeness (QED) is 0.129. The molecular formula is C17H29F3N6O8. The van der Waals surface area contributed by atoms with Crippen molar-refractivity contribution in [2.45, 2.75) is 44.9 Å². The number of alkyl halides is 3. The number of urea groups is 1. The number of amides is 5. The van der Waals surface area contributed by atoms with E-state index < -0.39 is 54.0 Å². The van der Waals surface area contributed by atoms with Gasteiger partial charge >= 0.3 is 18.2 Å². The second-order valence-electron chi connectivity index (χ2n) is 6.93. The highest BCUT2D eigenvalue weighted by Crippen LogP contribution is 2.11. The van der Waals surface area contributed by atoms with Crippen LogP contribution in [-0.2, 0) is 24.0 Å². The van der Waals surface area contributed by atoms with E-state index in [9.17, 15) is 42.3 Å². The Hall–Kier alpha value is -3.63. The van der Waals surface area contributed by atoms with Crippen LogP contribution in [0.2, 0.25) is 0 Å². The Morgan fingerprint density at radius 1 is 1.03 bits per heavy atom. The Morgan fingerprint density at radius 2 is 1.56 bits per heavy atom. The molecule has 0 aromatic heterocycles. The summed E-state index contributed by atoms with van der Waals surface area (Å²) in [7, 11) is 0. The molecule has 0 unspecified atom stereocenters. The van der Waals surface area contributed by atoms with Crippen molar-refractivity contribution in [3.05, 3.63) is 0 Å². The molecule has 0 aliphatic heterocycles. The highest BCUT2D eigenvalue weighted by Gasteiger charge is 2.29. The fraction of sp³-hybridized carbons (Fsp3) is 0.647. The molecule has 0 saturated carbocycles. The zero-order chi connectivity index (χ0) is 27.1. The number of aliphatic carboxylic acids is 2. The second kappa shape index (κ2) is 16.1. The van der Waals surface area contributed by atoms with Gasteiger partial charge in [-0.15, -0.1) is 0 Å². The molecule has 0 aliphatic carbocycles. The van der Waals surface area contributed by atoms with Crippen molar-refractivity contribution in [3.63, 3.8) is 0 Å². The Bertz CT molecular complexity index is 733. The number of carboxylic acid groups (broad SMARTS) is 2. The van der Waals surface area contributed by atoms with Crippen LogP contribution in [0.15, 0.2) is 0 Å². The molecule has 0 aliphatic rings. The van der Waals surface area contributed by atoms with Gasteiger partial charge in [0, 0.05) is 6.54 Å². The van der Waals surface area contributed by atoms with Crippen LogP contribution >= 0.6 is 0 Å². The first kappa shape index (κ1) is 32.5. The molecule has 10 N–H and O–H groups in total. The summed E-state index contributed by atoms with van der Waals surface area (Å²) in [6.45, 7) is 3.21. The zero-order valence-electron chi connectivity index (χ0n) is 18.5. The third-order valence-electron chi connectivity index (χ3n) is 3.75. The number of primary amides is 1. The molecule has 196 valence electrons. The number of rotatable bonds is 12. The minimum absolute atomic E-state index is 0.0216. The van der Waals surface area contributed by atoms with Crippen molar-refractivity contribution in [2.75, 3.05) is 19.6 Å². The Balaban J connectivity index is 0. The van der Waals surface area contributed by atoms with Crippen molar-refractivity contribution in [1.82, 2.24) is 21.3 Å². The summed E-state index contributed by atoms with van der Waals surface area (Å²) in [6, 6.07) is -2.88. The maximum absolute atomic E-state index is 12.4. The van der Waals surface area contributed by atoms with Gasteiger partial charge in [0.2, 0.25) is 11.8 Å². The van der Waals surface area contributed by atoms with Crippen LogP contribution in [-0.4, -0.2) is 78.7 Å². The molecule has 17 heteroatoms. The van der Waals surface area contributed by atoms with E-state index in [1.807, 2.05) is 0 Å². The maximum atomic E-state index is 12.4. The van der Waals surface area contributed by atoms with Crippen molar-refractivity contribution in [3.8, 4) is 0 Å². The van der Waals surface area contributed by atoms with E-state index in [0.717, 1.165) is 0 Å². The van der Waals surface area contributed by atoms with Gasteiger partial charge in [-0.05, 0) is 18.8 Å². The van der Waals surface area contributed by atoms with Gasteiger partial charge in [0.1, 0.15) is 18.1 Å². The number of carboxylic acids is 2. The summed E-state index contributed by atoms with van der Waals surface area (Å²) in [5.41, 5.74) is 8.29. The molecule has 0 fully saturated rings. The number of hydrogen-bond acceptors (Lipinski definition) is 7. The lowest BCUT2D eigenvalue weighted by Crippen LogP contribution is -2.59. The highest BCUT2D eigenvalue weighted by atomic mass is 19.4. The van der Waals surface area contributed by atoms with Gasteiger partial charge in [0.05, 0.1) is 6.54 Å². The lowest BCUT2D eigenvalue weighted by molar-refractivity contribution is -0.355. The first-order chi connectivity index (χ1) is 15.5. The van der Waals surface area contributed by atoms with E-state index in [1.165, 1.54) is 0 Å². The van der Waals surface area contributed by atoms with Crippen LogP contribution < -0.4 is 37.8 Å². The van der Waals surface area contributed by atoms with E-state index in [0.29, 0.717) is 0 Å². The largest absolute Gasteiger partial charge is 0.542 e. The third-order valence-corrected chi connectivity index (χ3v) is 3.75. The monoisotopic (exact) mass is 502 g/mol. The molecule has 14 nitrogen and oxygen atoms in total. The van der Waals surface area contributed by atoms with Crippen LogP contribution in [0.25, 0.3) is 0 Å². The molecule has 0 radical (unpaired) electrons. The fourth-order valence-electron chi connectivity index (χ4n) is 2.06. The number of nitrogens with one attached hydrogen (secondary N) is 4. The third kappa shape index (κ3) is 16.1. The average Bonchev–Trinajstić information content (AvgIpc) is 2.71. The topological polar surface area (TPSA) is 247 Å². The Kier molecular flexibility index (Phi) is 15.4. The van der Waals surface area contributed by atoms with Crippen molar-refractivity contribution in [1.29, 1.82) is 0 Å². The van der Waals surface area contributed by atoms with E-state index in [2.05, 4.69) is 27.0 Å². The predicted molar refractivity (Wildman–Crippen MR) is 105 cm³/mol. The summed E-state index contributed by atoms with van der Waals surface area (Å²) in [4.78, 5) is 66.1. The van der Waals surface area contributed by atoms with E-state index in [4.69, 9.17) is 15.6 Å². The normalized spacial score (nSPS) is 12.3. The number of halogens is 3. The van der Waals surface area contributed by atoms with Gasteiger partial charge in [-0.1, -0.05) is 13.8 Å². The van der Waals surface area contributed by atoms with E-state index in [-0.39, 0.29) is 38.4 Å². The molecule has 0 spiro atoms. The first-order valence-electron chi connectivity index (χ1n) is 9.72. The van der Waals surface area contributed by atoms with Crippen LogP contribution in [0.1, 0.15) is 26.7 Å². The second-order valence-corrected chi connectivity index (χ2v) is 6.93. The van der Waals surface area contributed by atoms with E-state index >= 15 is 0 Å². The zero-order valence-corrected chi connectivity index (χ0v) is 18.5. The van der Waals surface area contributed by atoms with Crippen molar-refractivity contribution in [2.24, 2.45) is 11.7 Å². The summed E-state index contributed by atoms with van der Waals surface area (Å²) < 4.78 is 31.5. The number of carbonyl (C=O) groups is 6. The van der Waals surface area contributed by atoms with Crippen LogP contribution in [0.5, 0.6) is 0 Å². The lowest BCUT2D eigenvalue weighted by Gasteiger charge is -2.24. The van der Waals surface area contributed by atoms with E-state index in [1.54, 1.807) is 13.8 Å². The van der Waals surface area contributed by atoms with Crippen LogP contribution in [0, 0.1) is 5.92 Å². The minimum Gasteiger partial charge on any atom is -0.542 e. The maximum Gasteiger partial charge on any atom is 0.430 e. The summed E-state index contributed by atoms with van der Waals surface area (Å²) in [6.07, 6.45) is -4.84. The molecule has 0 bridgehead atoms. The van der Waals surface area contributed by atoms with Gasteiger partial charge in [-0.2, -0.15) is 13.2 Å². The summed E-state index contributed by atoms with van der Waals surface area (Å²) in [5.74, 6) is -6.21. The molecule has 2 atom stereocenters. The van der Waals surface area contributed by atoms with Crippen LogP contribution in [0.3, 0.4) is 0 Å². The number of nitrogens with two attached hydrogens (primary N) is 1. The van der Waals surface area contributed by atoms with Gasteiger partial charge in [-0.25, -0.2) is 9.59 Å². The molecule has 0 heterocycles. The van der Waals surface area contributed by atoms with Gasteiger partial charge in [-0.3, -0.25) is 14.4 Å². The molecule has 5 amide bonds. The molecule has 0 rings (SSSR count).